The zero-order valence-electron chi connectivity index (χ0n) is 12.7. The summed E-state index contributed by atoms with van der Waals surface area (Å²) in [4.78, 5) is 2.57. The van der Waals surface area contributed by atoms with Gasteiger partial charge in [-0.2, -0.15) is 5.10 Å². The van der Waals surface area contributed by atoms with E-state index in [1.165, 1.54) is 12.8 Å². The second kappa shape index (κ2) is 6.87. The second-order valence-corrected chi connectivity index (χ2v) is 5.70. The molecule has 3 rings (SSSR count). The Bertz CT molecular complexity index is 543. The molecule has 0 spiro atoms. The Kier molecular flexibility index (Phi) is 4.68. The number of rotatable bonds is 6. The molecule has 1 unspecified atom stereocenters. The second-order valence-electron chi connectivity index (χ2n) is 5.70. The number of nitrogens with zero attached hydrogens (tertiary/aromatic N) is 3. The highest BCUT2D eigenvalue weighted by atomic mass is 15.3. The highest BCUT2D eigenvalue weighted by molar-refractivity contribution is 5.30. The largest absolute Gasteiger partial charge is 0.315 e. The molecule has 4 heteroatoms. The molecule has 1 fully saturated rings. The predicted molar refractivity (Wildman–Crippen MR) is 85.5 cm³/mol. The first-order chi connectivity index (χ1) is 10.4. The van der Waals surface area contributed by atoms with E-state index < -0.39 is 0 Å². The van der Waals surface area contributed by atoms with Gasteiger partial charge in [-0.05, 0) is 44.1 Å². The van der Waals surface area contributed by atoms with Gasteiger partial charge in [-0.3, -0.25) is 4.90 Å². The van der Waals surface area contributed by atoms with Crippen molar-refractivity contribution in [2.75, 3.05) is 19.6 Å². The molecule has 0 radical (unpaired) electrons. The SMILES string of the molecule is CCCN(Cc1ccn(-c2ccccc2)n1)C1CCNC1. The van der Waals surface area contributed by atoms with Crippen LogP contribution in [0.4, 0.5) is 0 Å². The van der Waals surface area contributed by atoms with Gasteiger partial charge in [0, 0.05) is 25.3 Å². The smallest absolute Gasteiger partial charge is 0.0769 e. The van der Waals surface area contributed by atoms with Gasteiger partial charge >= 0.3 is 0 Å². The zero-order chi connectivity index (χ0) is 14.5. The van der Waals surface area contributed by atoms with Gasteiger partial charge in [-0.1, -0.05) is 25.1 Å². The van der Waals surface area contributed by atoms with Gasteiger partial charge in [0.2, 0.25) is 0 Å². The number of hydrogen-bond donors (Lipinski definition) is 1. The zero-order valence-corrected chi connectivity index (χ0v) is 12.7. The van der Waals surface area contributed by atoms with Crippen molar-refractivity contribution in [1.82, 2.24) is 20.0 Å². The Morgan fingerprint density at radius 2 is 2.14 bits per heavy atom. The maximum atomic E-state index is 4.73. The molecule has 1 atom stereocenters. The van der Waals surface area contributed by atoms with E-state index in [9.17, 15) is 0 Å². The van der Waals surface area contributed by atoms with Crippen LogP contribution in [0.15, 0.2) is 42.6 Å². The third-order valence-electron chi connectivity index (χ3n) is 4.09. The van der Waals surface area contributed by atoms with Gasteiger partial charge in [-0.25, -0.2) is 4.68 Å². The maximum Gasteiger partial charge on any atom is 0.0769 e. The summed E-state index contributed by atoms with van der Waals surface area (Å²) in [5.74, 6) is 0. The van der Waals surface area contributed by atoms with Crippen molar-refractivity contribution in [2.45, 2.75) is 32.4 Å². The number of nitrogens with one attached hydrogen (secondary N) is 1. The standard InChI is InChI=1S/C17H24N4/c1-2-11-20(17-8-10-18-13-17)14-15-9-12-21(19-15)16-6-4-3-5-7-16/h3-7,9,12,17-18H,2,8,10-11,13-14H2,1H3. The lowest BCUT2D eigenvalue weighted by Gasteiger charge is -2.27. The van der Waals surface area contributed by atoms with E-state index in [1.807, 2.05) is 22.9 Å². The lowest BCUT2D eigenvalue weighted by atomic mass is 10.2. The molecular weight excluding hydrogens is 260 g/mol. The van der Waals surface area contributed by atoms with Gasteiger partial charge < -0.3 is 5.32 Å². The van der Waals surface area contributed by atoms with Crippen LogP contribution in [0.5, 0.6) is 0 Å². The van der Waals surface area contributed by atoms with E-state index in [0.717, 1.165) is 37.6 Å². The van der Waals surface area contributed by atoms with Crippen LogP contribution in [0.1, 0.15) is 25.5 Å². The van der Waals surface area contributed by atoms with Crippen LogP contribution >= 0.6 is 0 Å². The van der Waals surface area contributed by atoms with Gasteiger partial charge in [-0.15, -0.1) is 0 Å². The Labute approximate surface area is 126 Å². The molecule has 21 heavy (non-hydrogen) atoms. The fraction of sp³-hybridized carbons (Fsp3) is 0.471. The van der Waals surface area contributed by atoms with Gasteiger partial charge in [0.15, 0.2) is 0 Å². The molecule has 2 heterocycles. The lowest BCUT2D eigenvalue weighted by molar-refractivity contribution is 0.197. The molecule has 112 valence electrons. The topological polar surface area (TPSA) is 33.1 Å². The molecule has 0 aliphatic carbocycles. The van der Waals surface area contributed by atoms with Crippen LogP contribution in [-0.2, 0) is 6.54 Å². The van der Waals surface area contributed by atoms with E-state index in [1.54, 1.807) is 0 Å². The molecule has 2 aromatic rings. The molecule has 0 saturated carbocycles. The quantitative estimate of drug-likeness (QED) is 0.884. The van der Waals surface area contributed by atoms with E-state index >= 15 is 0 Å². The fourth-order valence-electron chi connectivity index (χ4n) is 3.01. The lowest BCUT2D eigenvalue weighted by Crippen LogP contribution is -2.37. The van der Waals surface area contributed by atoms with Crippen LogP contribution in [0.2, 0.25) is 0 Å². The summed E-state index contributed by atoms with van der Waals surface area (Å²) in [5.41, 5.74) is 2.27. The predicted octanol–water partition coefficient (Wildman–Crippen LogP) is 2.45. The van der Waals surface area contributed by atoms with Crippen LogP contribution in [0.3, 0.4) is 0 Å². The summed E-state index contributed by atoms with van der Waals surface area (Å²) in [6.07, 6.45) is 4.50. The minimum atomic E-state index is 0.659. The van der Waals surface area contributed by atoms with E-state index in [0.29, 0.717) is 6.04 Å². The van der Waals surface area contributed by atoms with Crippen LogP contribution in [0.25, 0.3) is 5.69 Å². The summed E-state index contributed by atoms with van der Waals surface area (Å²) in [7, 11) is 0. The third kappa shape index (κ3) is 3.52. The molecule has 1 saturated heterocycles. The van der Waals surface area contributed by atoms with Gasteiger partial charge in [0.25, 0.3) is 0 Å². The highest BCUT2D eigenvalue weighted by Gasteiger charge is 2.22. The molecule has 0 bridgehead atoms. The number of para-hydroxylation sites is 1. The van der Waals surface area contributed by atoms with Crippen molar-refractivity contribution in [2.24, 2.45) is 0 Å². The monoisotopic (exact) mass is 284 g/mol. The normalized spacial score (nSPS) is 18.5. The maximum absolute atomic E-state index is 4.73. The van der Waals surface area contributed by atoms with Gasteiger partial charge in [0.1, 0.15) is 0 Å². The summed E-state index contributed by atoms with van der Waals surface area (Å²) in [6.45, 7) is 6.59. The Hall–Kier alpha value is -1.65. The molecule has 1 aliphatic heterocycles. The van der Waals surface area contributed by atoms with Crippen molar-refractivity contribution in [1.29, 1.82) is 0 Å². The summed E-state index contributed by atoms with van der Waals surface area (Å²) in [5, 5.41) is 8.19. The average Bonchev–Trinajstić information content (AvgIpc) is 3.19. The number of hydrogen-bond acceptors (Lipinski definition) is 3. The van der Waals surface area contributed by atoms with Crippen molar-refractivity contribution < 1.29 is 0 Å². The van der Waals surface area contributed by atoms with Crippen molar-refractivity contribution in [3.63, 3.8) is 0 Å². The molecule has 1 aliphatic rings. The molecule has 4 nitrogen and oxygen atoms in total. The van der Waals surface area contributed by atoms with Crippen molar-refractivity contribution >= 4 is 0 Å². The van der Waals surface area contributed by atoms with Crippen molar-refractivity contribution in [3.8, 4) is 5.69 Å². The van der Waals surface area contributed by atoms with Gasteiger partial charge in [0.05, 0.1) is 11.4 Å². The third-order valence-corrected chi connectivity index (χ3v) is 4.09. The summed E-state index contributed by atoms with van der Waals surface area (Å²) >= 11 is 0. The molecule has 1 N–H and O–H groups in total. The van der Waals surface area contributed by atoms with Crippen molar-refractivity contribution in [3.05, 3.63) is 48.3 Å². The number of aromatic nitrogens is 2. The Morgan fingerprint density at radius 3 is 2.86 bits per heavy atom. The van der Waals surface area contributed by atoms with Crippen LogP contribution < -0.4 is 5.32 Å². The van der Waals surface area contributed by atoms with E-state index in [2.05, 4.69) is 41.5 Å². The molecule has 0 amide bonds. The summed E-state index contributed by atoms with van der Waals surface area (Å²) in [6, 6.07) is 13.1. The minimum Gasteiger partial charge on any atom is -0.315 e. The Balaban J connectivity index is 1.70. The fourth-order valence-corrected chi connectivity index (χ4v) is 3.01. The molecular formula is C17H24N4. The van der Waals surface area contributed by atoms with Crippen LogP contribution in [-0.4, -0.2) is 40.4 Å². The molecule has 1 aromatic carbocycles. The van der Waals surface area contributed by atoms with E-state index in [-0.39, 0.29) is 0 Å². The summed E-state index contributed by atoms with van der Waals surface area (Å²) < 4.78 is 1.96. The van der Waals surface area contributed by atoms with E-state index in [4.69, 9.17) is 5.10 Å². The first-order valence-corrected chi connectivity index (χ1v) is 7.91. The minimum absolute atomic E-state index is 0.659. The highest BCUT2D eigenvalue weighted by Crippen LogP contribution is 2.14. The molecule has 1 aromatic heterocycles. The number of benzene rings is 1. The average molecular weight is 284 g/mol. The first-order valence-electron chi connectivity index (χ1n) is 7.91. The van der Waals surface area contributed by atoms with Crippen LogP contribution in [0, 0.1) is 0 Å². The first kappa shape index (κ1) is 14.3. The Morgan fingerprint density at radius 1 is 1.29 bits per heavy atom.